The van der Waals surface area contributed by atoms with Gasteiger partial charge in [0.1, 0.15) is 10.7 Å². The zero-order valence-electron chi connectivity index (χ0n) is 10.4. The Kier molecular flexibility index (Phi) is 3.42. The quantitative estimate of drug-likeness (QED) is 0.755. The van der Waals surface area contributed by atoms with Crippen molar-refractivity contribution in [1.82, 2.24) is 10.2 Å². The molecule has 1 aromatic heterocycles. The Morgan fingerprint density at radius 1 is 1.32 bits per heavy atom. The van der Waals surface area contributed by atoms with Crippen molar-refractivity contribution in [3.8, 4) is 0 Å². The molecule has 1 heterocycles. The van der Waals surface area contributed by atoms with Crippen LogP contribution in [0, 0.1) is 13.8 Å². The SMILES string of the molecule is Cc1cc(Cl)c(S(=O)(=O)Nc2[nH]ncc2C)cc1N. The van der Waals surface area contributed by atoms with E-state index >= 15 is 0 Å². The largest absolute Gasteiger partial charge is 0.398 e. The molecule has 0 aliphatic heterocycles. The molecule has 1 aromatic carbocycles. The van der Waals surface area contributed by atoms with E-state index in [1.807, 2.05) is 0 Å². The van der Waals surface area contributed by atoms with E-state index in [-0.39, 0.29) is 9.92 Å². The fraction of sp³-hybridized carbons (Fsp3) is 0.182. The van der Waals surface area contributed by atoms with Crippen molar-refractivity contribution in [2.45, 2.75) is 18.7 Å². The number of aryl methyl sites for hydroxylation is 2. The summed E-state index contributed by atoms with van der Waals surface area (Å²) in [6.07, 6.45) is 1.52. The zero-order valence-corrected chi connectivity index (χ0v) is 11.9. The second kappa shape index (κ2) is 4.75. The van der Waals surface area contributed by atoms with E-state index in [0.29, 0.717) is 17.1 Å². The summed E-state index contributed by atoms with van der Waals surface area (Å²) in [5.41, 5.74) is 7.49. The van der Waals surface area contributed by atoms with Crippen LogP contribution in [0.2, 0.25) is 5.02 Å². The van der Waals surface area contributed by atoms with Gasteiger partial charge in [0, 0.05) is 11.3 Å². The molecule has 19 heavy (non-hydrogen) atoms. The van der Waals surface area contributed by atoms with Crippen LogP contribution in [0.5, 0.6) is 0 Å². The first-order valence-electron chi connectivity index (χ1n) is 5.39. The number of nitrogens with two attached hydrogens (primary N) is 1. The van der Waals surface area contributed by atoms with Gasteiger partial charge < -0.3 is 5.73 Å². The Hall–Kier alpha value is -1.73. The number of sulfonamides is 1. The highest BCUT2D eigenvalue weighted by atomic mass is 35.5. The monoisotopic (exact) mass is 300 g/mol. The summed E-state index contributed by atoms with van der Waals surface area (Å²) in [7, 11) is -3.81. The first-order chi connectivity index (χ1) is 8.81. The van der Waals surface area contributed by atoms with Gasteiger partial charge in [0.2, 0.25) is 0 Å². The lowest BCUT2D eigenvalue weighted by Crippen LogP contribution is -2.15. The Morgan fingerprint density at radius 2 is 2.00 bits per heavy atom. The molecule has 0 amide bonds. The van der Waals surface area contributed by atoms with Gasteiger partial charge in [-0.2, -0.15) is 5.10 Å². The van der Waals surface area contributed by atoms with Crippen molar-refractivity contribution in [3.63, 3.8) is 0 Å². The van der Waals surface area contributed by atoms with Crippen LogP contribution in [0.15, 0.2) is 23.2 Å². The number of anilines is 2. The number of hydrogen-bond donors (Lipinski definition) is 3. The number of halogens is 1. The van der Waals surface area contributed by atoms with Gasteiger partial charge in [0.15, 0.2) is 0 Å². The Bertz CT molecular complexity index is 724. The molecule has 0 aliphatic carbocycles. The molecule has 0 atom stereocenters. The fourth-order valence-corrected chi connectivity index (χ4v) is 3.22. The molecule has 102 valence electrons. The summed E-state index contributed by atoms with van der Waals surface area (Å²) in [4.78, 5) is -0.0636. The molecule has 0 spiro atoms. The minimum atomic E-state index is -3.81. The Balaban J connectivity index is 2.46. The molecule has 8 heteroatoms. The molecule has 0 saturated heterocycles. The van der Waals surface area contributed by atoms with Crippen LogP contribution in [0.1, 0.15) is 11.1 Å². The zero-order chi connectivity index (χ0) is 14.2. The van der Waals surface area contributed by atoms with Crippen LogP contribution in [0.3, 0.4) is 0 Å². The number of nitrogens with one attached hydrogen (secondary N) is 2. The Morgan fingerprint density at radius 3 is 2.58 bits per heavy atom. The van der Waals surface area contributed by atoms with Crippen molar-refractivity contribution in [1.29, 1.82) is 0 Å². The summed E-state index contributed by atoms with van der Waals surface area (Å²) < 4.78 is 26.9. The van der Waals surface area contributed by atoms with Crippen LogP contribution < -0.4 is 10.5 Å². The van der Waals surface area contributed by atoms with E-state index in [0.717, 1.165) is 5.56 Å². The molecule has 0 radical (unpaired) electrons. The van der Waals surface area contributed by atoms with Crippen molar-refractivity contribution in [2.24, 2.45) is 0 Å². The third-order valence-corrected chi connectivity index (χ3v) is 4.49. The van der Waals surface area contributed by atoms with E-state index in [4.69, 9.17) is 17.3 Å². The molecule has 0 unspecified atom stereocenters. The maximum Gasteiger partial charge on any atom is 0.264 e. The van der Waals surface area contributed by atoms with Crippen LogP contribution in [-0.4, -0.2) is 18.6 Å². The first-order valence-corrected chi connectivity index (χ1v) is 7.26. The van der Waals surface area contributed by atoms with Gasteiger partial charge in [-0.05, 0) is 31.5 Å². The van der Waals surface area contributed by atoms with Gasteiger partial charge in [-0.15, -0.1) is 0 Å². The summed E-state index contributed by atoms with van der Waals surface area (Å²) in [6.45, 7) is 3.48. The van der Waals surface area contributed by atoms with Gasteiger partial charge in [0.05, 0.1) is 11.2 Å². The van der Waals surface area contributed by atoms with E-state index < -0.39 is 10.0 Å². The molecule has 6 nitrogen and oxygen atoms in total. The average molecular weight is 301 g/mol. The normalized spacial score (nSPS) is 11.5. The highest BCUT2D eigenvalue weighted by Gasteiger charge is 2.20. The van der Waals surface area contributed by atoms with Gasteiger partial charge >= 0.3 is 0 Å². The number of aromatic amines is 1. The maximum absolute atomic E-state index is 12.2. The number of aromatic nitrogens is 2. The van der Waals surface area contributed by atoms with Crippen LogP contribution in [-0.2, 0) is 10.0 Å². The molecule has 0 aliphatic rings. The highest BCUT2D eigenvalue weighted by Crippen LogP contribution is 2.28. The van der Waals surface area contributed by atoms with Crippen molar-refractivity contribution < 1.29 is 8.42 Å². The van der Waals surface area contributed by atoms with Crippen LogP contribution in [0.25, 0.3) is 0 Å². The third-order valence-electron chi connectivity index (χ3n) is 2.68. The average Bonchev–Trinajstić information content (AvgIpc) is 2.69. The van der Waals surface area contributed by atoms with Gasteiger partial charge in [-0.1, -0.05) is 11.6 Å². The summed E-state index contributed by atoms with van der Waals surface area (Å²) in [6, 6.07) is 2.86. The molecule has 4 N–H and O–H groups in total. The van der Waals surface area contributed by atoms with Gasteiger partial charge in [0.25, 0.3) is 10.0 Å². The summed E-state index contributed by atoms with van der Waals surface area (Å²) in [5, 5.41) is 6.43. The topological polar surface area (TPSA) is 101 Å². The predicted octanol–water partition coefficient (Wildman–Crippen LogP) is 2.06. The van der Waals surface area contributed by atoms with E-state index in [9.17, 15) is 8.42 Å². The van der Waals surface area contributed by atoms with Crippen molar-refractivity contribution >= 4 is 33.1 Å². The standard InChI is InChI=1S/C11H13ClN4O2S/c1-6-3-8(12)10(4-9(6)13)19(17,18)16-11-7(2)5-14-15-11/h3-5H,13H2,1-2H3,(H2,14,15,16). The molecule has 2 rings (SSSR count). The number of nitrogen functional groups attached to an aromatic ring is 1. The number of nitrogens with zero attached hydrogens (tertiary/aromatic N) is 1. The summed E-state index contributed by atoms with van der Waals surface area (Å²) >= 11 is 5.97. The lowest BCUT2D eigenvalue weighted by atomic mass is 10.2. The fourth-order valence-electron chi connectivity index (χ4n) is 1.51. The van der Waals surface area contributed by atoms with Gasteiger partial charge in [-0.25, -0.2) is 8.42 Å². The van der Waals surface area contributed by atoms with Crippen LogP contribution >= 0.6 is 11.6 Å². The molecular formula is C11H13ClN4O2S. The summed E-state index contributed by atoms with van der Waals surface area (Å²) in [5.74, 6) is 0.301. The van der Waals surface area contributed by atoms with E-state index in [1.165, 1.54) is 18.3 Å². The van der Waals surface area contributed by atoms with Crippen LogP contribution in [0.4, 0.5) is 11.5 Å². The minimum absolute atomic E-state index is 0.0636. The van der Waals surface area contributed by atoms with Gasteiger partial charge in [-0.3, -0.25) is 9.82 Å². The second-order valence-corrected chi connectivity index (χ2v) is 6.23. The molecule has 0 fully saturated rings. The molecule has 0 bridgehead atoms. The van der Waals surface area contributed by atoms with E-state index in [1.54, 1.807) is 13.8 Å². The highest BCUT2D eigenvalue weighted by molar-refractivity contribution is 7.92. The Labute approximate surface area is 116 Å². The molecule has 0 saturated carbocycles. The maximum atomic E-state index is 12.2. The lowest BCUT2D eigenvalue weighted by molar-refractivity contribution is 0.601. The van der Waals surface area contributed by atoms with E-state index in [2.05, 4.69) is 14.9 Å². The lowest BCUT2D eigenvalue weighted by Gasteiger charge is -2.10. The number of hydrogen-bond acceptors (Lipinski definition) is 4. The third kappa shape index (κ3) is 2.66. The first kappa shape index (κ1) is 13.7. The molecule has 2 aromatic rings. The smallest absolute Gasteiger partial charge is 0.264 e. The van der Waals surface area contributed by atoms with Crippen molar-refractivity contribution in [2.75, 3.05) is 10.5 Å². The second-order valence-electron chi connectivity index (χ2n) is 4.17. The molecular weight excluding hydrogens is 288 g/mol. The number of benzene rings is 1. The predicted molar refractivity (Wildman–Crippen MR) is 74.7 cm³/mol. The van der Waals surface area contributed by atoms with Crippen molar-refractivity contribution in [3.05, 3.63) is 34.5 Å². The number of rotatable bonds is 3. The number of H-pyrrole nitrogens is 1. The minimum Gasteiger partial charge on any atom is -0.398 e.